The number of nitrogens with zero attached hydrogens (tertiary/aromatic N) is 1. The van der Waals surface area contributed by atoms with Crippen LogP contribution in [0.2, 0.25) is 0 Å². The second-order valence-corrected chi connectivity index (χ2v) is 4.19. The van der Waals surface area contributed by atoms with E-state index in [1.165, 1.54) is 4.57 Å². The molecule has 0 saturated carbocycles. The minimum Gasteiger partial charge on any atom is -0.305 e. The van der Waals surface area contributed by atoms with Gasteiger partial charge in [-0.05, 0) is 33.6 Å². The van der Waals surface area contributed by atoms with Gasteiger partial charge < -0.3 is 9.78 Å². The van der Waals surface area contributed by atoms with E-state index in [2.05, 4.69) is 20.9 Å². The number of nitrogens with one attached hydrogen (secondary N) is 1. The first kappa shape index (κ1) is 10.2. The maximum absolute atomic E-state index is 11.4. The molecular formula is C10H9BrN2O2. The molecule has 0 saturated heterocycles. The van der Waals surface area contributed by atoms with Crippen molar-refractivity contribution in [2.45, 2.75) is 6.42 Å². The highest BCUT2D eigenvalue weighted by Gasteiger charge is 2.08. The number of fused-ring (bicyclic) bond motifs is 1. The Morgan fingerprint density at radius 3 is 2.93 bits per heavy atom. The van der Waals surface area contributed by atoms with Gasteiger partial charge in [-0.15, -0.1) is 0 Å². The van der Waals surface area contributed by atoms with Gasteiger partial charge in [0.15, 0.2) is 0 Å². The number of carbonyl (C=O) groups excluding carboxylic acids is 1. The molecule has 0 atom stereocenters. The fourth-order valence-electron chi connectivity index (χ4n) is 1.61. The lowest BCUT2D eigenvalue weighted by Crippen LogP contribution is -2.11. The lowest BCUT2D eigenvalue weighted by atomic mass is 10.1. The second-order valence-electron chi connectivity index (χ2n) is 3.33. The number of halogens is 1. The van der Waals surface area contributed by atoms with Crippen LogP contribution >= 0.6 is 15.9 Å². The summed E-state index contributed by atoms with van der Waals surface area (Å²) in [6.07, 6.45) is 1.19. The van der Waals surface area contributed by atoms with Crippen molar-refractivity contribution in [1.82, 2.24) is 9.55 Å². The summed E-state index contributed by atoms with van der Waals surface area (Å²) in [4.78, 5) is 24.5. The van der Waals surface area contributed by atoms with Crippen LogP contribution in [-0.4, -0.2) is 15.8 Å². The van der Waals surface area contributed by atoms with Gasteiger partial charge in [0, 0.05) is 17.9 Å². The number of imidazole rings is 1. The first-order valence-electron chi connectivity index (χ1n) is 4.44. The van der Waals surface area contributed by atoms with Crippen LogP contribution in [0.4, 0.5) is 0 Å². The van der Waals surface area contributed by atoms with Crippen molar-refractivity contribution >= 4 is 33.2 Å². The zero-order valence-corrected chi connectivity index (χ0v) is 9.67. The smallest absolute Gasteiger partial charge is 0.305 e. The summed E-state index contributed by atoms with van der Waals surface area (Å²) in [7, 11) is 1.70. The summed E-state index contributed by atoms with van der Waals surface area (Å²) in [5.74, 6) is 0. The van der Waals surface area contributed by atoms with Gasteiger partial charge in [0.05, 0.1) is 11.0 Å². The van der Waals surface area contributed by atoms with Crippen molar-refractivity contribution in [3.05, 3.63) is 32.7 Å². The quantitative estimate of drug-likeness (QED) is 0.837. The van der Waals surface area contributed by atoms with Crippen LogP contribution in [0.25, 0.3) is 11.0 Å². The van der Waals surface area contributed by atoms with Crippen molar-refractivity contribution in [3.63, 3.8) is 0 Å². The number of carbonyl (C=O) groups is 1. The zero-order valence-electron chi connectivity index (χ0n) is 8.08. The van der Waals surface area contributed by atoms with Crippen molar-refractivity contribution in [3.8, 4) is 0 Å². The van der Waals surface area contributed by atoms with E-state index in [1.54, 1.807) is 7.05 Å². The molecule has 0 aliphatic rings. The average molecular weight is 269 g/mol. The van der Waals surface area contributed by atoms with Gasteiger partial charge in [0.2, 0.25) is 0 Å². The Bertz CT molecular complexity index is 583. The third kappa shape index (κ3) is 1.63. The molecule has 0 spiro atoms. The van der Waals surface area contributed by atoms with Crippen LogP contribution in [0.1, 0.15) is 5.56 Å². The summed E-state index contributed by atoms with van der Waals surface area (Å²) in [6.45, 7) is 0. The predicted octanol–water partition coefficient (Wildman–Crippen LogP) is 1.37. The molecule has 2 aromatic rings. The zero-order chi connectivity index (χ0) is 11.0. The highest BCUT2D eigenvalue weighted by atomic mass is 79.9. The Balaban J connectivity index is 2.78. The first-order chi connectivity index (χ1) is 7.13. The van der Waals surface area contributed by atoms with E-state index < -0.39 is 0 Å². The van der Waals surface area contributed by atoms with Gasteiger partial charge in [0.1, 0.15) is 6.29 Å². The van der Waals surface area contributed by atoms with Crippen LogP contribution in [-0.2, 0) is 18.3 Å². The second kappa shape index (κ2) is 3.66. The van der Waals surface area contributed by atoms with E-state index in [4.69, 9.17) is 0 Å². The molecule has 0 aliphatic carbocycles. The van der Waals surface area contributed by atoms with Gasteiger partial charge >= 0.3 is 5.69 Å². The molecule has 5 heteroatoms. The Kier molecular flexibility index (Phi) is 2.48. The summed E-state index contributed by atoms with van der Waals surface area (Å²) < 4.78 is 2.35. The van der Waals surface area contributed by atoms with Gasteiger partial charge in [-0.2, -0.15) is 0 Å². The number of hydrogen-bond donors (Lipinski definition) is 1. The number of aromatic amines is 1. The predicted molar refractivity (Wildman–Crippen MR) is 61.0 cm³/mol. The van der Waals surface area contributed by atoms with E-state index in [-0.39, 0.29) is 5.69 Å². The molecule has 0 aliphatic heterocycles. The summed E-state index contributed by atoms with van der Waals surface area (Å²) in [5, 5.41) is 0. The van der Waals surface area contributed by atoms with E-state index in [0.29, 0.717) is 6.42 Å². The third-order valence-corrected chi connectivity index (χ3v) is 2.93. The Hall–Kier alpha value is -1.36. The van der Waals surface area contributed by atoms with Crippen molar-refractivity contribution in [2.75, 3.05) is 0 Å². The van der Waals surface area contributed by atoms with Crippen LogP contribution in [0.5, 0.6) is 0 Å². The van der Waals surface area contributed by atoms with Crippen LogP contribution in [0, 0.1) is 0 Å². The Labute approximate surface area is 94.0 Å². The molecule has 1 N–H and O–H groups in total. The maximum Gasteiger partial charge on any atom is 0.326 e. The monoisotopic (exact) mass is 268 g/mol. The van der Waals surface area contributed by atoms with Crippen molar-refractivity contribution in [1.29, 1.82) is 0 Å². The van der Waals surface area contributed by atoms with Gasteiger partial charge in [-0.25, -0.2) is 4.79 Å². The normalized spacial score (nSPS) is 10.8. The highest BCUT2D eigenvalue weighted by Crippen LogP contribution is 2.23. The van der Waals surface area contributed by atoms with Crippen molar-refractivity contribution in [2.24, 2.45) is 7.05 Å². The average Bonchev–Trinajstić information content (AvgIpc) is 2.43. The molecule has 1 aromatic carbocycles. The molecule has 1 aromatic heterocycles. The van der Waals surface area contributed by atoms with Crippen LogP contribution in [0.3, 0.4) is 0 Å². The molecule has 0 fully saturated rings. The molecule has 0 radical (unpaired) electrons. The largest absolute Gasteiger partial charge is 0.326 e. The lowest BCUT2D eigenvalue weighted by molar-refractivity contribution is -0.107. The molecule has 15 heavy (non-hydrogen) atoms. The highest BCUT2D eigenvalue weighted by molar-refractivity contribution is 9.10. The fourth-order valence-corrected chi connectivity index (χ4v) is 2.38. The lowest BCUT2D eigenvalue weighted by Gasteiger charge is -2.00. The molecule has 1 heterocycles. The van der Waals surface area contributed by atoms with Gasteiger partial charge in [-0.3, -0.25) is 4.57 Å². The third-order valence-electron chi connectivity index (χ3n) is 2.32. The van der Waals surface area contributed by atoms with E-state index in [0.717, 1.165) is 27.4 Å². The fraction of sp³-hybridized carbons (Fsp3) is 0.200. The molecule has 0 bridgehead atoms. The summed E-state index contributed by atoms with van der Waals surface area (Å²) in [5.41, 5.74) is 2.28. The van der Waals surface area contributed by atoms with Crippen LogP contribution < -0.4 is 5.69 Å². The number of rotatable bonds is 2. The standard InChI is InChI=1S/C10H9BrN2O2/c1-13-9-7(11)4-6(2-3-14)5-8(9)12-10(13)15/h3-5H,2H2,1H3,(H,12,15). The van der Waals surface area contributed by atoms with Crippen LogP contribution in [0.15, 0.2) is 21.4 Å². The number of benzene rings is 1. The first-order valence-corrected chi connectivity index (χ1v) is 5.23. The molecule has 4 nitrogen and oxygen atoms in total. The molecule has 2 rings (SSSR count). The number of aromatic nitrogens is 2. The molecule has 78 valence electrons. The maximum atomic E-state index is 11.4. The Morgan fingerprint density at radius 1 is 1.53 bits per heavy atom. The minimum absolute atomic E-state index is 0.158. The summed E-state index contributed by atoms with van der Waals surface area (Å²) in [6, 6.07) is 3.67. The van der Waals surface area contributed by atoms with Gasteiger partial charge in [0.25, 0.3) is 0 Å². The topological polar surface area (TPSA) is 54.9 Å². The number of H-pyrrole nitrogens is 1. The number of aryl methyl sites for hydroxylation is 1. The van der Waals surface area contributed by atoms with E-state index in [9.17, 15) is 9.59 Å². The van der Waals surface area contributed by atoms with Crippen molar-refractivity contribution < 1.29 is 4.79 Å². The SMILES string of the molecule is Cn1c(=O)[nH]c2cc(CC=O)cc(Br)c21. The van der Waals surface area contributed by atoms with E-state index in [1.807, 2.05) is 12.1 Å². The van der Waals surface area contributed by atoms with Gasteiger partial charge in [-0.1, -0.05) is 0 Å². The Morgan fingerprint density at radius 2 is 2.27 bits per heavy atom. The minimum atomic E-state index is -0.158. The molecule has 0 amide bonds. The molecule has 0 unspecified atom stereocenters. The summed E-state index contributed by atoms with van der Waals surface area (Å²) >= 11 is 3.39. The van der Waals surface area contributed by atoms with E-state index >= 15 is 0 Å². The number of hydrogen-bond acceptors (Lipinski definition) is 2. The number of aldehydes is 1. The molecular weight excluding hydrogens is 260 g/mol.